The Balaban J connectivity index is 1.74. The molecule has 2 N–H and O–H groups in total. The first-order valence-corrected chi connectivity index (χ1v) is 15.0. The first kappa shape index (κ1) is 25.7. The molecule has 0 aliphatic heterocycles. The summed E-state index contributed by atoms with van der Waals surface area (Å²) in [7, 11) is -6.50. The van der Waals surface area contributed by atoms with Crippen molar-refractivity contribution in [1.82, 2.24) is 9.44 Å². The zero-order valence-corrected chi connectivity index (χ0v) is 21.0. The van der Waals surface area contributed by atoms with Gasteiger partial charge in [-0.2, -0.15) is 0 Å². The fraction of sp³-hybridized carbons (Fsp3) is 0.500. The highest BCUT2D eigenvalue weighted by Gasteiger charge is 2.31. The van der Waals surface area contributed by atoms with Crippen molar-refractivity contribution in [2.24, 2.45) is 0 Å². The van der Waals surface area contributed by atoms with E-state index in [0.29, 0.717) is 26.1 Å². The molecular weight excluding hydrogens is 458 g/mol. The number of hydrogen-bond acceptors (Lipinski definition) is 5. The number of sulfonamides is 2. The summed E-state index contributed by atoms with van der Waals surface area (Å²) in [6.07, 6.45) is 4.59. The lowest BCUT2D eigenvalue weighted by Gasteiger charge is -2.26. The van der Waals surface area contributed by atoms with Crippen LogP contribution in [0.1, 0.15) is 49.7 Å². The smallest absolute Gasteiger partial charge is 0.211 e. The Morgan fingerprint density at radius 2 is 1.67 bits per heavy atom. The van der Waals surface area contributed by atoms with Crippen LogP contribution in [0.5, 0.6) is 0 Å². The van der Waals surface area contributed by atoms with Crippen molar-refractivity contribution in [3.8, 4) is 0 Å². The van der Waals surface area contributed by atoms with Gasteiger partial charge in [0.05, 0.1) is 12.0 Å². The molecule has 0 saturated heterocycles. The minimum atomic E-state index is -3.25. The molecule has 33 heavy (non-hydrogen) atoms. The van der Waals surface area contributed by atoms with Crippen LogP contribution in [-0.4, -0.2) is 48.0 Å². The molecule has 0 bridgehead atoms. The number of nitrogens with zero attached hydrogens (tertiary/aromatic N) is 1. The number of anilines is 1. The van der Waals surface area contributed by atoms with E-state index in [4.69, 9.17) is 0 Å². The van der Waals surface area contributed by atoms with Crippen molar-refractivity contribution in [1.29, 1.82) is 0 Å². The largest absolute Gasteiger partial charge is 0.366 e. The summed E-state index contributed by atoms with van der Waals surface area (Å²) in [5.74, 6) is 0.325. The minimum Gasteiger partial charge on any atom is -0.366 e. The van der Waals surface area contributed by atoms with Crippen LogP contribution < -0.4 is 14.3 Å². The summed E-state index contributed by atoms with van der Waals surface area (Å²) in [4.78, 5) is 2.15. The van der Waals surface area contributed by atoms with Gasteiger partial charge in [0.15, 0.2) is 0 Å². The van der Waals surface area contributed by atoms with Gasteiger partial charge in [-0.25, -0.2) is 26.3 Å². The number of hydrogen-bond donors (Lipinski definition) is 2. The Morgan fingerprint density at radius 1 is 0.970 bits per heavy atom. The van der Waals surface area contributed by atoms with Gasteiger partial charge in [-0.05, 0) is 42.5 Å². The average Bonchev–Trinajstić information content (AvgIpc) is 3.20. The minimum absolute atomic E-state index is 0.0632. The molecule has 1 aliphatic rings. The molecule has 9 heteroatoms. The zero-order chi connectivity index (χ0) is 23.9. The van der Waals surface area contributed by atoms with Crippen LogP contribution in [-0.2, 0) is 26.6 Å². The average molecular weight is 494 g/mol. The van der Waals surface area contributed by atoms with Crippen LogP contribution in [0.25, 0.3) is 0 Å². The van der Waals surface area contributed by atoms with Gasteiger partial charge < -0.3 is 4.90 Å². The van der Waals surface area contributed by atoms with Crippen molar-refractivity contribution in [3.05, 3.63) is 65.7 Å². The highest BCUT2D eigenvalue weighted by molar-refractivity contribution is 7.89. The quantitative estimate of drug-likeness (QED) is 0.473. The molecule has 3 rings (SSSR count). The number of rotatable bonds is 12. The van der Waals surface area contributed by atoms with Crippen LogP contribution in [0.15, 0.2) is 54.6 Å². The van der Waals surface area contributed by atoms with Crippen LogP contribution in [0.4, 0.5) is 5.69 Å². The summed E-state index contributed by atoms with van der Waals surface area (Å²) < 4.78 is 53.0. The van der Waals surface area contributed by atoms with Crippen LogP contribution in [0.3, 0.4) is 0 Å². The molecule has 0 spiro atoms. The highest BCUT2D eigenvalue weighted by atomic mass is 32.2. The van der Waals surface area contributed by atoms with E-state index in [-0.39, 0.29) is 17.7 Å². The Kier molecular flexibility index (Phi) is 8.92. The van der Waals surface area contributed by atoms with Crippen molar-refractivity contribution < 1.29 is 16.8 Å². The lowest BCUT2D eigenvalue weighted by Crippen LogP contribution is -2.37. The molecule has 0 heterocycles. The number of nitrogens with one attached hydrogen (secondary N) is 2. The van der Waals surface area contributed by atoms with Crippen LogP contribution >= 0.6 is 0 Å². The van der Waals surface area contributed by atoms with E-state index in [1.165, 1.54) is 0 Å². The van der Waals surface area contributed by atoms with Gasteiger partial charge in [-0.3, -0.25) is 0 Å². The second kappa shape index (κ2) is 11.5. The predicted molar refractivity (Wildman–Crippen MR) is 134 cm³/mol. The molecule has 1 saturated carbocycles. The van der Waals surface area contributed by atoms with E-state index in [0.717, 1.165) is 42.3 Å². The maximum Gasteiger partial charge on any atom is 0.211 e. The lowest BCUT2D eigenvalue weighted by atomic mass is 9.94. The predicted octanol–water partition coefficient (Wildman–Crippen LogP) is 3.21. The summed E-state index contributed by atoms with van der Waals surface area (Å²) in [6, 6.07) is 18.3. The normalized spacial score (nSPS) is 19.0. The van der Waals surface area contributed by atoms with Gasteiger partial charge in [0.25, 0.3) is 0 Å². The first-order chi connectivity index (χ1) is 15.7. The van der Waals surface area contributed by atoms with E-state index >= 15 is 0 Å². The molecule has 0 radical (unpaired) electrons. The fourth-order valence-electron chi connectivity index (χ4n) is 4.46. The van der Waals surface area contributed by atoms with E-state index in [1.807, 2.05) is 25.1 Å². The van der Waals surface area contributed by atoms with Gasteiger partial charge in [-0.1, -0.05) is 55.8 Å². The molecule has 1 fully saturated rings. The second-order valence-electron chi connectivity index (χ2n) is 8.75. The standard InChI is InChI=1S/C24H35N3O4S2/c1-3-18-33(30,31)26-24-11-7-10-23(24)21-12-14-22(15-13-21)27(17-16-25-32(2,28)29)19-20-8-5-4-6-9-20/h4-6,8-9,12-15,23-26H,3,7,10-11,16-19H2,1-2H3. The summed E-state index contributed by atoms with van der Waals surface area (Å²) in [6.45, 7) is 3.38. The third-order valence-electron chi connectivity index (χ3n) is 5.97. The topological polar surface area (TPSA) is 95.6 Å². The van der Waals surface area contributed by atoms with Crippen molar-refractivity contribution in [2.45, 2.75) is 51.1 Å². The summed E-state index contributed by atoms with van der Waals surface area (Å²) in [5.41, 5.74) is 3.27. The Labute approximate surface area is 198 Å². The van der Waals surface area contributed by atoms with E-state index in [1.54, 1.807) is 0 Å². The highest BCUT2D eigenvalue weighted by Crippen LogP contribution is 2.36. The maximum atomic E-state index is 12.3. The summed E-state index contributed by atoms with van der Waals surface area (Å²) in [5, 5.41) is 0. The zero-order valence-electron chi connectivity index (χ0n) is 19.4. The van der Waals surface area contributed by atoms with Gasteiger partial charge in [0, 0.05) is 37.3 Å². The Hall–Kier alpha value is -1.94. The van der Waals surface area contributed by atoms with E-state index in [9.17, 15) is 16.8 Å². The van der Waals surface area contributed by atoms with Crippen molar-refractivity contribution >= 4 is 25.7 Å². The molecule has 0 amide bonds. The summed E-state index contributed by atoms with van der Waals surface area (Å²) >= 11 is 0. The molecule has 2 aromatic carbocycles. The van der Waals surface area contributed by atoms with Gasteiger partial charge in [0.2, 0.25) is 20.0 Å². The number of benzene rings is 2. The lowest BCUT2D eigenvalue weighted by molar-refractivity contribution is 0.524. The van der Waals surface area contributed by atoms with Gasteiger partial charge in [-0.15, -0.1) is 0 Å². The molecular formula is C24H35N3O4S2. The SMILES string of the molecule is CCCS(=O)(=O)NC1CCCC1c1ccc(N(CCNS(C)(=O)=O)Cc2ccccc2)cc1. The molecule has 2 atom stereocenters. The fourth-order valence-corrected chi connectivity index (χ4v) is 6.32. The molecule has 182 valence electrons. The van der Waals surface area contributed by atoms with Gasteiger partial charge in [0.1, 0.15) is 0 Å². The Morgan fingerprint density at radius 3 is 2.30 bits per heavy atom. The maximum absolute atomic E-state index is 12.3. The van der Waals surface area contributed by atoms with Crippen molar-refractivity contribution in [3.63, 3.8) is 0 Å². The molecule has 2 aromatic rings. The monoisotopic (exact) mass is 493 g/mol. The third-order valence-corrected chi connectivity index (χ3v) is 8.30. The third kappa shape index (κ3) is 8.10. The van der Waals surface area contributed by atoms with E-state index < -0.39 is 20.0 Å². The molecule has 1 aliphatic carbocycles. The molecule has 7 nitrogen and oxygen atoms in total. The van der Waals surface area contributed by atoms with Crippen LogP contribution in [0.2, 0.25) is 0 Å². The van der Waals surface area contributed by atoms with E-state index in [2.05, 4.69) is 50.7 Å². The Bertz CT molecular complexity index is 1090. The van der Waals surface area contributed by atoms with Crippen LogP contribution in [0, 0.1) is 0 Å². The first-order valence-electron chi connectivity index (χ1n) is 11.5. The molecule has 2 unspecified atom stereocenters. The second-order valence-corrected chi connectivity index (χ2v) is 12.5. The molecule has 0 aromatic heterocycles. The van der Waals surface area contributed by atoms with Gasteiger partial charge >= 0.3 is 0 Å². The van der Waals surface area contributed by atoms with Crippen molar-refractivity contribution in [2.75, 3.05) is 30.0 Å².